The molecule has 0 radical (unpaired) electrons. The first-order valence-corrected chi connectivity index (χ1v) is 11.0. The number of likely N-dealkylation sites (tertiary alicyclic amines) is 2. The van der Waals surface area contributed by atoms with Gasteiger partial charge < -0.3 is 15.5 Å². The number of halogens is 1. The number of piperidine rings is 2. The number of aliphatic imine (C=N–C) groups is 1. The lowest BCUT2D eigenvalue weighted by atomic mass is 9.84. The summed E-state index contributed by atoms with van der Waals surface area (Å²) < 4.78 is 2.01. The van der Waals surface area contributed by atoms with Crippen molar-refractivity contribution < 1.29 is 0 Å². The zero-order chi connectivity index (χ0) is 19.4. The zero-order valence-electron chi connectivity index (χ0n) is 17.9. The zero-order valence-corrected chi connectivity index (χ0v) is 20.3. The summed E-state index contributed by atoms with van der Waals surface area (Å²) in [5.74, 6) is 2.01. The van der Waals surface area contributed by atoms with Gasteiger partial charge in [-0.1, -0.05) is 6.42 Å². The van der Waals surface area contributed by atoms with Gasteiger partial charge in [-0.15, -0.1) is 24.0 Å². The highest BCUT2D eigenvalue weighted by Crippen LogP contribution is 2.30. The number of hydrogen-bond acceptors (Lipinski definition) is 5. The molecule has 2 saturated heterocycles. The predicted octanol–water partition coefficient (Wildman–Crippen LogP) is 1.33. The van der Waals surface area contributed by atoms with Crippen LogP contribution in [0.3, 0.4) is 0 Å². The van der Waals surface area contributed by atoms with Gasteiger partial charge in [0.05, 0.1) is 6.54 Å². The fourth-order valence-corrected chi connectivity index (χ4v) is 5.00. The minimum Gasteiger partial charge on any atom is -0.355 e. The third-order valence-electron chi connectivity index (χ3n) is 6.90. The van der Waals surface area contributed by atoms with E-state index in [1.165, 1.54) is 58.3 Å². The number of aryl methyl sites for hydroxylation is 1. The first-order valence-electron chi connectivity index (χ1n) is 11.0. The van der Waals surface area contributed by atoms with E-state index in [2.05, 4.69) is 42.6 Å². The predicted molar refractivity (Wildman–Crippen MR) is 127 cm³/mol. The summed E-state index contributed by atoms with van der Waals surface area (Å²) in [6.07, 6.45) is 10.2. The van der Waals surface area contributed by atoms with Gasteiger partial charge >= 0.3 is 0 Å². The molecule has 8 nitrogen and oxygen atoms in total. The molecule has 0 aromatic carbocycles. The third-order valence-corrected chi connectivity index (χ3v) is 6.90. The van der Waals surface area contributed by atoms with E-state index in [1.54, 1.807) is 6.33 Å². The molecular formula is C20H37IN8. The van der Waals surface area contributed by atoms with Crippen LogP contribution >= 0.6 is 24.0 Å². The average Bonchev–Trinajstić information content (AvgIpc) is 3.21. The molecule has 1 atom stereocenters. The van der Waals surface area contributed by atoms with Gasteiger partial charge in [-0.3, -0.25) is 9.89 Å². The summed E-state index contributed by atoms with van der Waals surface area (Å²) in [6, 6.07) is 0.351. The second-order valence-electron chi connectivity index (χ2n) is 8.74. The summed E-state index contributed by atoms with van der Waals surface area (Å²) in [5, 5.41) is 11.6. The molecule has 1 unspecified atom stereocenters. The fourth-order valence-electron chi connectivity index (χ4n) is 5.00. The Kier molecular flexibility index (Phi) is 8.15. The van der Waals surface area contributed by atoms with Crippen molar-refractivity contribution in [2.24, 2.45) is 4.99 Å². The van der Waals surface area contributed by atoms with E-state index < -0.39 is 0 Å². The summed E-state index contributed by atoms with van der Waals surface area (Å²) >= 11 is 0. The van der Waals surface area contributed by atoms with Crippen LogP contribution in [0.1, 0.15) is 44.3 Å². The third kappa shape index (κ3) is 5.41. The Hall–Kier alpha value is -0.940. The maximum absolute atomic E-state index is 4.52. The van der Waals surface area contributed by atoms with Crippen LogP contribution in [-0.4, -0.2) is 88.9 Å². The Balaban J connectivity index is 0.00000240. The van der Waals surface area contributed by atoms with Crippen molar-refractivity contribution in [1.82, 2.24) is 35.2 Å². The van der Waals surface area contributed by atoms with Crippen molar-refractivity contribution >= 4 is 29.9 Å². The standard InChI is InChI=1S/C20H36N8.HI/c1-21-19(25-17-6-7-18-23-16-24-28(18)14-17)22-15-20(8-12-26(2)13-9-20)27-10-4-3-5-11-27;/h16-17H,3-15H2,1-2H3,(H2,21,22,25);1H. The molecular weight excluding hydrogens is 479 g/mol. The molecule has 0 saturated carbocycles. The number of hydrogen-bond donors (Lipinski definition) is 2. The number of nitrogens with one attached hydrogen (secondary N) is 2. The lowest BCUT2D eigenvalue weighted by Crippen LogP contribution is -2.62. The van der Waals surface area contributed by atoms with Crippen LogP contribution in [0.4, 0.5) is 0 Å². The molecule has 164 valence electrons. The molecule has 3 aliphatic rings. The molecule has 9 heteroatoms. The van der Waals surface area contributed by atoms with Crippen molar-refractivity contribution in [1.29, 1.82) is 0 Å². The van der Waals surface area contributed by atoms with E-state index in [0.717, 1.165) is 37.7 Å². The van der Waals surface area contributed by atoms with Crippen molar-refractivity contribution in [3.05, 3.63) is 12.2 Å². The number of nitrogens with zero attached hydrogens (tertiary/aromatic N) is 6. The molecule has 4 rings (SSSR count). The highest BCUT2D eigenvalue weighted by molar-refractivity contribution is 14.0. The Morgan fingerprint density at radius 2 is 1.97 bits per heavy atom. The van der Waals surface area contributed by atoms with Gasteiger partial charge in [0.15, 0.2) is 5.96 Å². The molecule has 0 amide bonds. The summed E-state index contributed by atoms with van der Waals surface area (Å²) in [4.78, 5) is 14.1. The van der Waals surface area contributed by atoms with E-state index in [1.807, 2.05) is 11.7 Å². The Morgan fingerprint density at radius 3 is 2.69 bits per heavy atom. The summed E-state index contributed by atoms with van der Waals surface area (Å²) in [5.41, 5.74) is 0.260. The van der Waals surface area contributed by atoms with Gasteiger partial charge in [-0.2, -0.15) is 5.10 Å². The van der Waals surface area contributed by atoms with E-state index in [-0.39, 0.29) is 29.5 Å². The molecule has 0 aliphatic carbocycles. The van der Waals surface area contributed by atoms with Crippen molar-refractivity contribution in [3.63, 3.8) is 0 Å². The van der Waals surface area contributed by atoms with Crippen LogP contribution in [-0.2, 0) is 13.0 Å². The van der Waals surface area contributed by atoms with E-state index in [9.17, 15) is 0 Å². The molecule has 0 bridgehead atoms. The molecule has 1 aromatic heterocycles. The monoisotopic (exact) mass is 516 g/mol. The van der Waals surface area contributed by atoms with Crippen LogP contribution in [0, 0.1) is 0 Å². The van der Waals surface area contributed by atoms with Crippen LogP contribution in [0.25, 0.3) is 0 Å². The van der Waals surface area contributed by atoms with Crippen molar-refractivity contribution in [2.75, 3.05) is 46.8 Å². The molecule has 29 heavy (non-hydrogen) atoms. The van der Waals surface area contributed by atoms with E-state index >= 15 is 0 Å². The van der Waals surface area contributed by atoms with E-state index in [4.69, 9.17) is 0 Å². The number of rotatable bonds is 4. The topological polar surface area (TPSA) is 73.6 Å². The van der Waals surface area contributed by atoms with Gasteiger partial charge in [0.25, 0.3) is 0 Å². The van der Waals surface area contributed by atoms with Crippen LogP contribution in [0.5, 0.6) is 0 Å². The fraction of sp³-hybridized carbons (Fsp3) is 0.850. The molecule has 1 aromatic rings. The maximum atomic E-state index is 4.52. The first kappa shape index (κ1) is 22.7. The second-order valence-corrected chi connectivity index (χ2v) is 8.74. The average molecular weight is 516 g/mol. The van der Waals surface area contributed by atoms with Crippen molar-refractivity contribution in [2.45, 2.75) is 63.1 Å². The quantitative estimate of drug-likeness (QED) is 0.358. The summed E-state index contributed by atoms with van der Waals surface area (Å²) in [7, 11) is 4.12. The lowest BCUT2D eigenvalue weighted by molar-refractivity contribution is 0.0172. The largest absolute Gasteiger partial charge is 0.355 e. The van der Waals surface area contributed by atoms with Gasteiger partial charge in [0.2, 0.25) is 0 Å². The van der Waals surface area contributed by atoms with Crippen molar-refractivity contribution in [3.8, 4) is 0 Å². The summed E-state index contributed by atoms with van der Waals surface area (Å²) in [6.45, 7) is 6.69. The van der Waals surface area contributed by atoms with Gasteiger partial charge in [0, 0.05) is 31.6 Å². The Morgan fingerprint density at radius 1 is 1.21 bits per heavy atom. The first-order chi connectivity index (χ1) is 13.7. The molecule has 3 aliphatic heterocycles. The Labute approximate surface area is 191 Å². The maximum Gasteiger partial charge on any atom is 0.191 e. The second kappa shape index (κ2) is 10.4. The minimum atomic E-state index is 0. The molecule has 2 fully saturated rings. The molecule has 2 N–H and O–H groups in total. The van der Waals surface area contributed by atoms with Gasteiger partial charge in [-0.25, -0.2) is 9.67 Å². The number of fused-ring (bicyclic) bond motifs is 1. The minimum absolute atomic E-state index is 0. The van der Waals surface area contributed by atoms with Crippen LogP contribution in [0.15, 0.2) is 11.3 Å². The lowest BCUT2D eigenvalue weighted by Gasteiger charge is -2.50. The smallest absolute Gasteiger partial charge is 0.191 e. The van der Waals surface area contributed by atoms with Crippen LogP contribution in [0.2, 0.25) is 0 Å². The highest BCUT2D eigenvalue weighted by Gasteiger charge is 2.39. The highest BCUT2D eigenvalue weighted by atomic mass is 127. The molecule has 4 heterocycles. The van der Waals surface area contributed by atoms with Gasteiger partial charge in [-0.05, 0) is 65.3 Å². The molecule has 0 spiro atoms. The van der Waals surface area contributed by atoms with E-state index in [0.29, 0.717) is 6.04 Å². The normalized spacial score (nSPS) is 25.7. The Bertz CT molecular complexity index is 661. The number of guanidine groups is 1. The van der Waals surface area contributed by atoms with Crippen LogP contribution < -0.4 is 10.6 Å². The number of aromatic nitrogens is 3. The SMILES string of the molecule is CN=C(NCC1(N2CCCCC2)CCN(C)CC1)NC1CCc2ncnn2C1.I. The van der Waals surface area contributed by atoms with Gasteiger partial charge in [0.1, 0.15) is 12.2 Å².